The predicted molar refractivity (Wildman–Crippen MR) is 70.3 cm³/mol. The molecule has 0 bridgehead atoms. The molecule has 0 saturated heterocycles. The smallest absolute Gasteiger partial charge is 0.451 e. The molecule has 0 aliphatic rings. The van der Waals surface area contributed by atoms with Gasteiger partial charge in [-0.05, 0) is 31.2 Å². The number of benzene rings is 1. The molecule has 0 aliphatic carbocycles. The van der Waals surface area contributed by atoms with Gasteiger partial charge in [0.25, 0.3) is 0 Å². The average molecular weight is 332 g/mol. The van der Waals surface area contributed by atoms with E-state index in [0.29, 0.717) is 0 Å². The molecule has 0 heterocycles. The third kappa shape index (κ3) is 5.09. The number of azo groups is 1. The number of alkyl halides is 3. The van der Waals surface area contributed by atoms with Gasteiger partial charge in [-0.15, -0.1) is 5.11 Å². The Kier molecular flexibility index (Phi) is 5.82. The Hall–Kier alpha value is -2.91. The molecule has 0 saturated carbocycles. The standard InChI is InChI=1S/C13H11F3N2O5/c1-2-23-12(22)7-3-5-8(6-4-7)17-18-9(11(20)21)10(19)13(14,15)16/h3-6,19H,2H2,1H3,(H,20,21). The van der Waals surface area contributed by atoms with E-state index in [4.69, 9.17) is 14.9 Å². The molecule has 124 valence electrons. The molecule has 0 unspecified atom stereocenters. The summed E-state index contributed by atoms with van der Waals surface area (Å²) in [4.78, 5) is 22.1. The Morgan fingerprint density at radius 3 is 2.17 bits per heavy atom. The van der Waals surface area contributed by atoms with Gasteiger partial charge < -0.3 is 14.9 Å². The summed E-state index contributed by atoms with van der Waals surface area (Å²) in [6, 6.07) is 5.00. The fourth-order valence-corrected chi connectivity index (χ4v) is 1.31. The van der Waals surface area contributed by atoms with Crippen LogP contribution in [0, 0.1) is 0 Å². The molecule has 2 N–H and O–H groups in total. The first kappa shape index (κ1) is 18.1. The number of carboxylic acid groups (broad SMARTS) is 1. The maximum absolute atomic E-state index is 12.3. The lowest BCUT2D eigenvalue weighted by Gasteiger charge is -2.05. The molecule has 0 atom stereocenters. The summed E-state index contributed by atoms with van der Waals surface area (Å²) in [6.07, 6.45) is -5.26. The molecule has 0 spiro atoms. The minimum absolute atomic E-state index is 0.0215. The van der Waals surface area contributed by atoms with Gasteiger partial charge in [-0.1, -0.05) is 0 Å². The van der Waals surface area contributed by atoms with Gasteiger partial charge in [0, 0.05) is 0 Å². The second-order valence-electron chi connectivity index (χ2n) is 3.97. The minimum atomic E-state index is -5.26. The van der Waals surface area contributed by atoms with E-state index in [1.165, 1.54) is 24.3 Å². The van der Waals surface area contributed by atoms with E-state index in [-0.39, 0.29) is 17.9 Å². The van der Waals surface area contributed by atoms with Crippen LogP contribution in [0.4, 0.5) is 18.9 Å². The van der Waals surface area contributed by atoms with Gasteiger partial charge in [0.1, 0.15) is 0 Å². The van der Waals surface area contributed by atoms with E-state index in [1.807, 2.05) is 0 Å². The molecule has 0 amide bonds. The molecule has 7 nitrogen and oxygen atoms in total. The number of aliphatic hydroxyl groups excluding tert-OH is 1. The van der Waals surface area contributed by atoms with Crippen molar-refractivity contribution < 1.29 is 37.7 Å². The van der Waals surface area contributed by atoms with Crippen LogP contribution in [0.15, 0.2) is 46.0 Å². The van der Waals surface area contributed by atoms with Crippen molar-refractivity contribution in [2.24, 2.45) is 10.2 Å². The molecule has 1 rings (SSSR count). The summed E-state index contributed by atoms with van der Waals surface area (Å²) in [7, 11) is 0. The summed E-state index contributed by atoms with van der Waals surface area (Å²) < 4.78 is 41.6. The molecular weight excluding hydrogens is 321 g/mol. The van der Waals surface area contributed by atoms with E-state index in [2.05, 4.69) is 10.2 Å². The normalized spacial score (nSPS) is 12.9. The Morgan fingerprint density at radius 1 is 1.17 bits per heavy atom. The fourth-order valence-electron chi connectivity index (χ4n) is 1.31. The van der Waals surface area contributed by atoms with Gasteiger partial charge in [0.2, 0.25) is 11.5 Å². The summed E-state index contributed by atoms with van der Waals surface area (Å²) in [6.45, 7) is 1.79. The van der Waals surface area contributed by atoms with Gasteiger partial charge in [-0.2, -0.15) is 18.3 Å². The molecule has 0 aliphatic heterocycles. The highest BCUT2D eigenvalue weighted by Gasteiger charge is 2.39. The number of ether oxygens (including phenoxy) is 1. The van der Waals surface area contributed by atoms with Crippen molar-refractivity contribution in [3.63, 3.8) is 0 Å². The maximum atomic E-state index is 12.3. The summed E-state index contributed by atoms with van der Waals surface area (Å²) in [5.41, 5.74) is -1.49. The van der Waals surface area contributed by atoms with Crippen molar-refractivity contribution in [3.05, 3.63) is 41.3 Å². The number of aliphatic hydroxyl groups is 1. The molecule has 0 radical (unpaired) electrons. The number of hydrogen-bond donors (Lipinski definition) is 2. The van der Waals surface area contributed by atoms with Crippen LogP contribution in [0.25, 0.3) is 0 Å². The van der Waals surface area contributed by atoms with Crippen LogP contribution in [0.2, 0.25) is 0 Å². The van der Waals surface area contributed by atoms with Crippen LogP contribution in [0.5, 0.6) is 0 Å². The number of allylic oxidation sites excluding steroid dienone is 1. The van der Waals surface area contributed by atoms with Gasteiger partial charge in [-0.3, -0.25) is 0 Å². The molecule has 1 aromatic carbocycles. The van der Waals surface area contributed by atoms with Gasteiger partial charge in [0.15, 0.2) is 0 Å². The number of carbonyl (C=O) groups excluding carboxylic acids is 1. The number of hydrogen-bond acceptors (Lipinski definition) is 6. The van der Waals surface area contributed by atoms with Crippen molar-refractivity contribution in [2.45, 2.75) is 13.1 Å². The number of nitrogens with zero attached hydrogens (tertiary/aromatic N) is 2. The molecule has 0 aromatic heterocycles. The third-order valence-corrected chi connectivity index (χ3v) is 2.34. The number of carboxylic acids is 1. The van der Waals surface area contributed by atoms with Crippen LogP contribution in [-0.4, -0.2) is 34.9 Å². The quantitative estimate of drug-likeness (QED) is 0.372. The topological polar surface area (TPSA) is 109 Å². The van der Waals surface area contributed by atoms with E-state index in [1.54, 1.807) is 6.92 Å². The fraction of sp³-hybridized carbons (Fsp3) is 0.231. The van der Waals surface area contributed by atoms with Crippen molar-refractivity contribution in [1.82, 2.24) is 0 Å². The van der Waals surface area contributed by atoms with Crippen molar-refractivity contribution >= 4 is 17.6 Å². The zero-order valence-corrected chi connectivity index (χ0v) is 11.7. The molecule has 23 heavy (non-hydrogen) atoms. The van der Waals surface area contributed by atoms with Crippen LogP contribution >= 0.6 is 0 Å². The molecule has 1 aromatic rings. The first-order valence-corrected chi connectivity index (χ1v) is 6.09. The van der Waals surface area contributed by atoms with Crippen LogP contribution in [0.3, 0.4) is 0 Å². The number of carbonyl (C=O) groups is 2. The van der Waals surface area contributed by atoms with E-state index < -0.39 is 29.6 Å². The number of aliphatic carboxylic acids is 1. The second-order valence-corrected chi connectivity index (χ2v) is 3.97. The Bertz CT molecular complexity index is 651. The lowest BCUT2D eigenvalue weighted by Crippen LogP contribution is -2.16. The summed E-state index contributed by atoms with van der Waals surface area (Å²) >= 11 is 0. The highest BCUT2D eigenvalue weighted by molar-refractivity contribution is 5.89. The highest BCUT2D eigenvalue weighted by atomic mass is 19.4. The lowest BCUT2D eigenvalue weighted by molar-refractivity contribution is -0.138. The lowest BCUT2D eigenvalue weighted by atomic mass is 10.2. The second kappa shape index (κ2) is 7.38. The number of esters is 1. The van der Waals surface area contributed by atoms with Crippen LogP contribution in [0.1, 0.15) is 17.3 Å². The van der Waals surface area contributed by atoms with Crippen LogP contribution < -0.4 is 0 Å². The van der Waals surface area contributed by atoms with E-state index in [9.17, 15) is 22.8 Å². The average Bonchev–Trinajstić information content (AvgIpc) is 2.46. The number of halogens is 3. The molecule has 10 heteroatoms. The van der Waals surface area contributed by atoms with Crippen molar-refractivity contribution in [3.8, 4) is 0 Å². The highest BCUT2D eigenvalue weighted by Crippen LogP contribution is 2.27. The summed E-state index contributed by atoms with van der Waals surface area (Å²) in [5, 5.41) is 23.6. The SMILES string of the molecule is CCOC(=O)c1ccc(N=NC(C(=O)O)=C(O)C(F)(F)F)cc1. The Balaban J connectivity index is 3.03. The third-order valence-electron chi connectivity index (χ3n) is 2.34. The molecule has 0 fully saturated rings. The Labute approximate surface area is 127 Å². The zero-order chi connectivity index (χ0) is 17.6. The van der Waals surface area contributed by atoms with Crippen LogP contribution in [-0.2, 0) is 9.53 Å². The predicted octanol–water partition coefficient (Wildman–Crippen LogP) is 3.36. The van der Waals surface area contributed by atoms with E-state index >= 15 is 0 Å². The first-order chi connectivity index (χ1) is 10.7. The van der Waals surface area contributed by atoms with Crippen molar-refractivity contribution in [1.29, 1.82) is 0 Å². The number of rotatable bonds is 5. The van der Waals surface area contributed by atoms with Crippen molar-refractivity contribution in [2.75, 3.05) is 6.61 Å². The monoisotopic (exact) mass is 332 g/mol. The zero-order valence-electron chi connectivity index (χ0n) is 11.7. The minimum Gasteiger partial charge on any atom is -0.502 e. The Morgan fingerprint density at radius 2 is 1.74 bits per heavy atom. The van der Waals surface area contributed by atoms with E-state index in [0.717, 1.165) is 0 Å². The summed E-state index contributed by atoms with van der Waals surface area (Å²) in [5.74, 6) is -5.06. The van der Waals surface area contributed by atoms with Gasteiger partial charge in [0.05, 0.1) is 17.9 Å². The van der Waals surface area contributed by atoms with Gasteiger partial charge >= 0.3 is 18.1 Å². The van der Waals surface area contributed by atoms with Gasteiger partial charge in [-0.25, -0.2) is 9.59 Å². The first-order valence-electron chi connectivity index (χ1n) is 6.09. The largest absolute Gasteiger partial charge is 0.502 e. The maximum Gasteiger partial charge on any atom is 0.451 e. The molecular formula is C13H11F3N2O5.